The Balaban J connectivity index is 2.71. The molecule has 1 heterocycles. The first-order valence-electron chi connectivity index (χ1n) is 6.81. The molecule has 0 saturated heterocycles. The average Bonchev–Trinajstić information content (AvgIpc) is 2.71. The molecule has 2 aromatic rings. The van der Waals surface area contributed by atoms with Crippen LogP contribution in [0.5, 0.6) is 0 Å². The fourth-order valence-corrected chi connectivity index (χ4v) is 2.73. The van der Waals surface area contributed by atoms with Crippen molar-refractivity contribution in [1.29, 1.82) is 0 Å². The Kier molecular flexibility index (Phi) is 3.88. The Morgan fingerprint density at radius 3 is 2.74 bits per heavy atom. The summed E-state index contributed by atoms with van der Waals surface area (Å²) in [5, 5.41) is 9.36. The van der Waals surface area contributed by atoms with Crippen LogP contribution in [-0.4, -0.2) is 20.6 Å². The molecule has 1 unspecified atom stereocenters. The lowest BCUT2D eigenvalue weighted by molar-refractivity contribution is 0.0698. The predicted octanol–water partition coefficient (Wildman–Crippen LogP) is 3.79. The van der Waals surface area contributed by atoms with Crippen LogP contribution >= 0.6 is 0 Å². The van der Waals surface area contributed by atoms with E-state index in [2.05, 4.69) is 23.4 Å². The van der Waals surface area contributed by atoms with Gasteiger partial charge in [0.25, 0.3) is 0 Å². The van der Waals surface area contributed by atoms with Gasteiger partial charge in [-0.25, -0.2) is 9.78 Å². The van der Waals surface area contributed by atoms with Crippen molar-refractivity contribution in [3.63, 3.8) is 0 Å². The van der Waals surface area contributed by atoms with Crippen LogP contribution in [0.1, 0.15) is 55.3 Å². The number of aromatic nitrogens is 2. The number of carboxylic acids is 1. The van der Waals surface area contributed by atoms with Crippen LogP contribution in [0.3, 0.4) is 0 Å². The number of rotatable bonds is 5. The van der Waals surface area contributed by atoms with Crippen LogP contribution in [0.25, 0.3) is 11.0 Å². The van der Waals surface area contributed by atoms with Gasteiger partial charge in [-0.15, -0.1) is 0 Å². The summed E-state index contributed by atoms with van der Waals surface area (Å²) in [6, 6.07) is 5.60. The Hall–Kier alpha value is -1.84. The quantitative estimate of drug-likeness (QED) is 0.889. The molecular weight excluding hydrogens is 240 g/mol. The molecule has 0 saturated carbocycles. The van der Waals surface area contributed by atoms with Gasteiger partial charge in [-0.05, 0) is 31.9 Å². The number of nitrogens with zero attached hydrogens (tertiary/aromatic N) is 2. The van der Waals surface area contributed by atoms with Crippen molar-refractivity contribution >= 4 is 17.0 Å². The number of carbonyl (C=O) groups is 1. The summed E-state index contributed by atoms with van der Waals surface area (Å²) in [6.45, 7) is 6.23. The maximum Gasteiger partial charge on any atom is 0.337 e. The molecule has 0 aliphatic carbocycles. The van der Waals surface area contributed by atoms with Gasteiger partial charge < -0.3 is 9.67 Å². The fourth-order valence-electron chi connectivity index (χ4n) is 2.73. The highest BCUT2D eigenvalue weighted by molar-refractivity contribution is 6.01. The van der Waals surface area contributed by atoms with Crippen molar-refractivity contribution in [3.8, 4) is 0 Å². The van der Waals surface area contributed by atoms with Gasteiger partial charge in [0.2, 0.25) is 0 Å². The highest BCUT2D eigenvalue weighted by atomic mass is 16.4. The highest BCUT2D eigenvalue weighted by Gasteiger charge is 2.20. The smallest absolute Gasteiger partial charge is 0.337 e. The van der Waals surface area contributed by atoms with E-state index in [0.29, 0.717) is 11.6 Å². The first-order valence-corrected chi connectivity index (χ1v) is 6.81. The molecule has 0 amide bonds. The van der Waals surface area contributed by atoms with Crippen LogP contribution < -0.4 is 0 Å². The molecule has 0 aliphatic heterocycles. The van der Waals surface area contributed by atoms with Crippen molar-refractivity contribution in [2.24, 2.45) is 0 Å². The molecule has 0 spiro atoms. The maximum absolute atomic E-state index is 11.4. The molecular formula is C15H20N2O2. The number of benzene rings is 1. The van der Waals surface area contributed by atoms with Crippen LogP contribution in [-0.2, 0) is 0 Å². The zero-order valence-electron chi connectivity index (χ0n) is 11.7. The molecule has 1 N–H and O–H groups in total. The monoisotopic (exact) mass is 260 g/mol. The SMILES string of the molecule is CCCC(CC)n1c(C)nc2cccc(C(=O)O)c21. The maximum atomic E-state index is 11.4. The van der Waals surface area contributed by atoms with E-state index in [1.54, 1.807) is 12.1 Å². The summed E-state index contributed by atoms with van der Waals surface area (Å²) < 4.78 is 2.10. The molecule has 1 atom stereocenters. The Morgan fingerprint density at radius 1 is 1.42 bits per heavy atom. The summed E-state index contributed by atoms with van der Waals surface area (Å²) in [5.74, 6) is 0.00195. The molecule has 0 fully saturated rings. The predicted molar refractivity (Wildman–Crippen MR) is 75.7 cm³/mol. The largest absolute Gasteiger partial charge is 0.478 e. The van der Waals surface area contributed by atoms with E-state index in [9.17, 15) is 9.90 Å². The minimum atomic E-state index is -0.891. The lowest BCUT2D eigenvalue weighted by Crippen LogP contribution is -2.12. The van der Waals surface area contributed by atoms with Gasteiger partial charge in [-0.3, -0.25) is 0 Å². The highest BCUT2D eigenvalue weighted by Crippen LogP contribution is 2.28. The first kappa shape index (κ1) is 13.6. The Bertz CT molecular complexity index is 601. The van der Waals surface area contributed by atoms with Crippen molar-refractivity contribution in [1.82, 2.24) is 9.55 Å². The number of carboxylic acid groups (broad SMARTS) is 1. The average molecular weight is 260 g/mol. The summed E-state index contributed by atoms with van der Waals surface area (Å²) in [5.41, 5.74) is 1.87. The third-order valence-corrected chi connectivity index (χ3v) is 3.58. The lowest BCUT2D eigenvalue weighted by atomic mass is 10.1. The van der Waals surface area contributed by atoms with Crippen LogP contribution in [0.2, 0.25) is 0 Å². The topological polar surface area (TPSA) is 55.1 Å². The molecule has 19 heavy (non-hydrogen) atoms. The van der Waals surface area contributed by atoms with Crippen molar-refractivity contribution in [2.45, 2.75) is 46.1 Å². The third-order valence-electron chi connectivity index (χ3n) is 3.58. The number of imidazole rings is 1. The van der Waals surface area contributed by atoms with Crippen LogP contribution in [0.15, 0.2) is 18.2 Å². The number of aromatic carboxylic acids is 1. The second-order valence-corrected chi connectivity index (χ2v) is 4.86. The van der Waals surface area contributed by atoms with E-state index in [1.807, 2.05) is 13.0 Å². The fraction of sp³-hybridized carbons (Fsp3) is 0.467. The third kappa shape index (κ3) is 2.35. The van der Waals surface area contributed by atoms with Gasteiger partial charge in [0.05, 0.1) is 16.6 Å². The van der Waals surface area contributed by atoms with Gasteiger partial charge in [0, 0.05) is 6.04 Å². The minimum Gasteiger partial charge on any atom is -0.478 e. The van der Waals surface area contributed by atoms with E-state index in [4.69, 9.17) is 0 Å². The second kappa shape index (κ2) is 5.43. The molecule has 102 valence electrons. The standard InChI is InChI=1S/C15H20N2O2/c1-4-7-11(5-2)17-10(3)16-13-9-6-8-12(14(13)17)15(18)19/h6,8-9,11H,4-5,7H2,1-3H3,(H,18,19). The Morgan fingerprint density at radius 2 is 2.16 bits per heavy atom. The molecule has 1 aromatic heterocycles. The van der Waals surface area contributed by atoms with Crippen molar-refractivity contribution < 1.29 is 9.90 Å². The van der Waals surface area contributed by atoms with E-state index >= 15 is 0 Å². The molecule has 4 nitrogen and oxygen atoms in total. The number of para-hydroxylation sites is 1. The zero-order chi connectivity index (χ0) is 14.0. The van der Waals surface area contributed by atoms with Crippen molar-refractivity contribution in [2.75, 3.05) is 0 Å². The van der Waals surface area contributed by atoms with Gasteiger partial charge in [-0.2, -0.15) is 0 Å². The summed E-state index contributed by atoms with van der Waals surface area (Å²) in [4.78, 5) is 15.9. The van der Waals surface area contributed by atoms with Crippen molar-refractivity contribution in [3.05, 3.63) is 29.6 Å². The van der Waals surface area contributed by atoms with E-state index in [0.717, 1.165) is 36.1 Å². The van der Waals surface area contributed by atoms with Gasteiger partial charge in [-0.1, -0.05) is 26.3 Å². The summed E-state index contributed by atoms with van der Waals surface area (Å²) >= 11 is 0. The van der Waals surface area contributed by atoms with E-state index in [1.165, 1.54) is 0 Å². The molecule has 0 bridgehead atoms. The lowest BCUT2D eigenvalue weighted by Gasteiger charge is -2.19. The van der Waals surface area contributed by atoms with Gasteiger partial charge in [0.15, 0.2) is 0 Å². The Labute approximate surface area is 113 Å². The number of hydrogen-bond acceptors (Lipinski definition) is 2. The summed E-state index contributed by atoms with van der Waals surface area (Å²) in [7, 11) is 0. The minimum absolute atomic E-state index is 0.315. The molecule has 4 heteroatoms. The molecule has 0 aliphatic rings. The van der Waals surface area contributed by atoms with Gasteiger partial charge in [0.1, 0.15) is 5.82 Å². The number of hydrogen-bond donors (Lipinski definition) is 1. The van der Waals surface area contributed by atoms with Crippen LogP contribution in [0, 0.1) is 6.92 Å². The van der Waals surface area contributed by atoms with E-state index < -0.39 is 5.97 Å². The van der Waals surface area contributed by atoms with Crippen LogP contribution in [0.4, 0.5) is 0 Å². The first-order chi connectivity index (χ1) is 9.10. The molecule has 0 radical (unpaired) electrons. The number of fused-ring (bicyclic) bond motifs is 1. The second-order valence-electron chi connectivity index (χ2n) is 4.86. The van der Waals surface area contributed by atoms with E-state index in [-0.39, 0.29) is 0 Å². The zero-order valence-corrected chi connectivity index (χ0v) is 11.7. The normalized spacial score (nSPS) is 12.8. The van der Waals surface area contributed by atoms with Gasteiger partial charge >= 0.3 is 5.97 Å². The number of aryl methyl sites for hydroxylation is 1. The molecule has 1 aromatic carbocycles. The molecule has 2 rings (SSSR count). The summed E-state index contributed by atoms with van der Waals surface area (Å²) in [6.07, 6.45) is 3.09.